The lowest BCUT2D eigenvalue weighted by atomic mass is 10.2. The minimum Gasteiger partial charge on any atom is -0.324 e. The maximum absolute atomic E-state index is 13.6. The summed E-state index contributed by atoms with van der Waals surface area (Å²) < 4.78 is 13.6. The van der Waals surface area contributed by atoms with Crippen LogP contribution in [0.1, 0.15) is 10.4 Å². The molecule has 0 aliphatic rings. The van der Waals surface area contributed by atoms with Crippen molar-refractivity contribution in [3.8, 4) is 0 Å². The summed E-state index contributed by atoms with van der Waals surface area (Å²) in [6.45, 7) is 0. The molecule has 0 bridgehead atoms. The van der Waals surface area contributed by atoms with Crippen molar-refractivity contribution in [2.24, 2.45) is 0 Å². The lowest BCUT2D eigenvalue weighted by Crippen LogP contribution is -2.14. The Kier molecular flexibility index (Phi) is 5.11. The van der Waals surface area contributed by atoms with Crippen LogP contribution in [0.25, 0.3) is 0 Å². The number of rotatable bonds is 4. The van der Waals surface area contributed by atoms with Gasteiger partial charge in [-0.05, 0) is 30.3 Å². The number of carbonyl (C=O) groups excluding carboxylic acids is 1. The number of nitrogens with zero attached hydrogens (tertiary/aromatic N) is 2. The Morgan fingerprint density at radius 2 is 1.72 bits per heavy atom. The van der Waals surface area contributed by atoms with Gasteiger partial charge in [0.05, 0.1) is 21.3 Å². The van der Waals surface area contributed by atoms with Gasteiger partial charge in [0.1, 0.15) is 5.82 Å². The molecule has 8 heteroatoms. The first-order valence-electron chi connectivity index (χ1n) is 7.13. The Morgan fingerprint density at radius 1 is 1.00 bits per heavy atom. The summed E-state index contributed by atoms with van der Waals surface area (Å²) in [7, 11) is 0. The van der Waals surface area contributed by atoms with Gasteiger partial charge in [-0.15, -0.1) is 0 Å². The molecule has 1 amide bonds. The normalized spacial score (nSPS) is 10.4. The molecule has 5 nitrogen and oxygen atoms in total. The molecule has 0 spiro atoms. The molecule has 0 unspecified atom stereocenters. The van der Waals surface area contributed by atoms with Gasteiger partial charge >= 0.3 is 0 Å². The lowest BCUT2D eigenvalue weighted by molar-refractivity contribution is 0.102. The van der Waals surface area contributed by atoms with Crippen molar-refractivity contribution in [3.05, 3.63) is 76.3 Å². The summed E-state index contributed by atoms with van der Waals surface area (Å²) in [4.78, 5) is 20.2. The minimum absolute atomic E-state index is 0.0884. The number of anilines is 3. The number of hydrogen-bond acceptors (Lipinski definition) is 4. The van der Waals surface area contributed by atoms with Crippen molar-refractivity contribution < 1.29 is 9.18 Å². The van der Waals surface area contributed by atoms with E-state index in [1.165, 1.54) is 30.6 Å². The van der Waals surface area contributed by atoms with Crippen molar-refractivity contribution in [2.75, 3.05) is 10.6 Å². The van der Waals surface area contributed by atoms with Gasteiger partial charge in [-0.2, -0.15) is 0 Å². The number of carbonyl (C=O) groups is 1. The highest BCUT2D eigenvalue weighted by atomic mass is 35.5. The van der Waals surface area contributed by atoms with E-state index in [1.54, 1.807) is 24.3 Å². The molecular weight excluding hydrogens is 366 g/mol. The molecule has 0 aliphatic carbocycles. The number of halogens is 3. The highest BCUT2D eigenvalue weighted by Gasteiger charge is 2.10. The Hall–Kier alpha value is -2.70. The Balaban J connectivity index is 1.70. The zero-order valence-electron chi connectivity index (χ0n) is 12.6. The highest BCUT2D eigenvalue weighted by molar-refractivity contribution is 6.42. The third kappa shape index (κ3) is 4.23. The molecule has 2 N–H and O–H groups in total. The van der Waals surface area contributed by atoms with Crippen LogP contribution < -0.4 is 10.6 Å². The van der Waals surface area contributed by atoms with Crippen molar-refractivity contribution in [1.82, 2.24) is 9.97 Å². The lowest BCUT2D eigenvalue weighted by Gasteiger charge is -2.08. The van der Waals surface area contributed by atoms with E-state index in [9.17, 15) is 9.18 Å². The number of amides is 1. The van der Waals surface area contributed by atoms with E-state index in [2.05, 4.69) is 20.6 Å². The molecule has 1 aromatic heterocycles. The maximum Gasteiger partial charge on any atom is 0.258 e. The second kappa shape index (κ2) is 7.46. The fourth-order valence-electron chi connectivity index (χ4n) is 1.97. The molecule has 3 aromatic rings. The molecule has 25 heavy (non-hydrogen) atoms. The molecule has 0 atom stereocenters. The van der Waals surface area contributed by atoms with Crippen LogP contribution in [0.2, 0.25) is 10.0 Å². The van der Waals surface area contributed by atoms with E-state index >= 15 is 0 Å². The number of para-hydroxylation sites is 1. The Bertz CT molecular complexity index is 919. The van der Waals surface area contributed by atoms with E-state index in [0.29, 0.717) is 15.7 Å². The average Bonchev–Trinajstić information content (AvgIpc) is 2.61. The molecule has 2 aromatic carbocycles. The molecule has 3 rings (SSSR count). The quantitative estimate of drug-likeness (QED) is 0.678. The largest absolute Gasteiger partial charge is 0.324 e. The average molecular weight is 377 g/mol. The molecule has 0 fully saturated rings. The summed E-state index contributed by atoms with van der Waals surface area (Å²) in [5, 5.41) is 6.24. The maximum atomic E-state index is 13.6. The molecule has 126 valence electrons. The van der Waals surface area contributed by atoms with Gasteiger partial charge in [-0.1, -0.05) is 35.3 Å². The number of benzene rings is 2. The first-order chi connectivity index (χ1) is 12.0. The number of hydrogen-bond donors (Lipinski definition) is 2. The fourth-order valence-corrected chi connectivity index (χ4v) is 2.27. The van der Waals surface area contributed by atoms with Crippen molar-refractivity contribution in [2.45, 2.75) is 0 Å². The Morgan fingerprint density at radius 3 is 2.40 bits per heavy atom. The smallest absolute Gasteiger partial charge is 0.258 e. The standard InChI is InChI=1S/C17H11Cl2FN4O/c18-12-6-5-11(7-13(12)19)23-17-21-8-10(9-22-17)16(25)24-15-4-2-1-3-14(15)20/h1-9H,(H,24,25)(H,21,22,23). The van der Waals surface area contributed by atoms with Gasteiger partial charge < -0.3 is 10.6 Å². The highest BCUT2D eigenvalue weighted by Crippen LogP contribution is 2.26. The minimum atomic E-state index is -0.519. The summed E-state index contributed by atoms with van der Waals surface area (Å²) in [6.07, 6.45) is 2.67. The molecule has 0 radical (unpaired) electrons. The van der Waals surface area contributed by atoms with Gasteiger partial charge in [-0.3, -0.25) is 4.79 Å². The van der Waals surface area contributed by atoms with Gasteiger partial charge in [0, 0.05) is 18.1 Å². The zero-order chi connectivity index (χ0) is 17.8. The van der Waals surface area contributed by atoms with Crippen LogP contribution in [0.4, 0.5) is 21.7 Å². The van der Waals surface area contributed by atoms with Crippen molar-refractivity contribution in [1.29, 1.82) is 0 Å². The third-order valence-electron chi connectivity index (χ3n) is 3.21. The van der Waals surface area contributed by atoms with Gasteiger partial charge in [0.25, 0.3) is 5.91 Å². The summed E-state index contributed by atoms with van der Waals surface area (Å²) in [5.41, 5.74) is 0.936. The van der Waals surface area contributed by atoms with Crippen LogP contribution in [0, 0.1) is 5.82 Å². The molecule has 0 aliphatic heterocycles. The van der Waals surface area contributed by atoms with E-state index < -0.39 is 11.7 Å². The predicted molar refractivity (Wildman–Crippen MR) is 96.1 cm³/mol. The molecular formula is C17H11Cl2FN4O. The number of nitrogens with one attached hydrogen (secondary N) is 2. The topological polar surface area (TPSA) is 66.9 Å². The van der Waals surface area contributed by atoms with Gasteiger partial charge in [0.15, 0.2) is 0 Å². The van der Waals surface area contributed by atoms with Crippen LogP contribution in [-0.4, -0.2) is 15.9 Å². The fraction of sp³-hybridized carbons (Fsp3) is 0. The number of aromatic nitrogens is 2. The summed E-state index contributed by atoms with van der Waals surface area (Å²) in [5.74, 6) is -0.748. The summed E-state index contributed by atoms with van der Waals surface area (Å²) in [6, 6.07) is 10.9. The monoisotopic (exact) mass is 376 g/mol. The van der Waals surface area contributed by atoms with E-state index in [-0.39, 0.29) is 17.2 Å². The first-order valence-corrected chi connectivity index (χ1v) is 7.88. The Labute approximate surface area is 152 Å². The van der Waals surface area contributed by atoms with Crippen molar-refractivity contribution in [3.63, 3.8) is 0 Å². The first kappa shape index (κ1) is 17.1. The second-order valence-electron chi connectivity index (χ2n) is 4.98. The van der Waals surface area contributed by atoms with Crippen LogP contribution in [0.3, 0.4) is 0 Å². The van der Waals surface area contributed by atoms with Gasteiger partial charge in [0.2, 0.25) is 5.95 Å². The second-order valence-corrected chi connectivity index (χ2v) is 5.80. The van der Waals surface area contributed by atoms with Crippen LogP contribution in [-0.2, 0) is 0 Å². The van der Waals surface area contributed by atoms with Crippen molar-refractivity contribution >= 4 is 46.4 Å². The molecule has 1 heterocycles. The SMILES string of the molecule is O=C(Nc1ccccc1F)c1cnc(Nc2ccc(Cl)c(Cl)c2)nc1. The van der Waals surface area contributed by atoms with Crippen LogP contribution in [0.5, 0.6) is 0 Å². The summed E-state index contributed by atoms with van der Waals surface area (Å²) >= 11 is 11.8. The predicted octanol–water partition coefficient (Wildman–Crippen LogP) is 4.92. The van der Waals surface area contributed by atoms with E-state index in [1.807, 2.05) is 0 Å². The van der Waals surface area contributed by atoms with Crippen LogP contribution >= 0.6 is 23.2 Å². The van der Waals surface area contributed by atoms with Crippen LogP contribution in [0.15, 0.2) is 54.9 Å². The van der Waals surface area contributed by atoms with E-state index in [4.69, 9.17) is 23.2 Å². The third-order valence-corrected chi connectivity index (χ3v) is 3.95. The van der Waals surface area contributed by atoms with E-state index in [0.717, 1.165) is 0 Å². The molecule has 0 saturated heterocycles. The molecule has 0 saturated carbocycles. The van der Waals surface area contributed by atoms with Gasteiger partial charge in [-0.25, -0.2) is 14.4 Å². The zero-order valence-corrected chi connectivity index (χ0v) is 14.1.